The number of H-pyrrole nitrogens is 1. The third kappa shape index (κ3) is 4.13. The zero-order valence-corrected chi connectivity index (χ0v) is 18.7. The highest BCUT2D eigenvalue weighted by Gasteiger charge is 2.54. The lowest BCUT2D eigenvalue weighted by atomic mass is 10.0. The van der Waals surface area contributed by atoms with Crippen molar-refractivity contribution in [3.05, 3.63) is 46.8 Å². The van der Waals surface area contributed by atoms with Gasteiger partial charge in [-0.15, -0.1) is 0 Å². The van der Waals surface area contributed by atoms with Crippen LogP contribution in [0.2, 0.25) is 0 Å². The molecule has 3 heterocycles. The molecule has 2 N–H and O–H groups in total. The molecular formula is C23H26F3N5O3. The molecule has 1 aromatic heterocycles. The molecule has 1 unspecified atom stereocenters. The van der Waals surface area contributed by atoms with E-state index in [2.05, 4.69) is 15.5 Å². The number of halogens is 3. The van der Waals surface area contributed by atoms with Crippen LogP contribution in [-0.4, -0.2) is 76.4 Å². The molecule has 11 heteroatoms. The number of methoxy groups -OCH3 is 1. The molecule has 34 heavy (non-hydrogen) atoms. The van der Waals surface area contributed by atoms with E-state index >= 15 is 0 Å². The maximum absolute atomic E-state index is 13.4. The van der Waals surface area contributed by atoms with Crippen molar-refractivity contribution in [2.45, 2.75) is 50.0 Å². The zero-order chi connectivity index (χ0) is 24.1. The number of aromatic amines is 1. The average molecular weight is 477 g/mol. The minimum atomic E-state index is -4.55. The predicted octanol–water partition coefficient (Wildman–Crippen LogP) is 2.51. The van der Waals surface area contributed by atoms with Crippen molar-refractivity contribution in [1.82, 2.24) is 20.0 Å². The number of benzene rings is 1. The fourth-order valence-electron chi connectivity index (χ4n) is 5.00. The van der Waals surface area contributed by atoms with Gasteiger partial charge < -0.3 is 19.9 Å². The van der Waals surface area contributed by atoms with Gasteiger partial charge >= 0.3 is 6.18 Å². The van der Waals surface area contributed by atoms with Gasteiger partial charge in [-0.3, -0.25) is 14.7 Å². The van der Waals surface area contributed by atoms with Crippen LogP contribution in [0, 0.1) is 0 Å². The Bertz CT molecular complexity index is 1090. The van der Waals surface area contributed by atoms with Gasteiger partial charge in [-0.25, -0.2) is 0 Å². The summed E-state index contributed by atoms with van der Waals surface area (Å²) in [4.78, 5) is 29.1. The molecule has 8 nitrogen and oxygen atoms in total. The zero-order valence-electron chi connectivity index (χ0n) is 18.7. The Morgan fingerprint density at radius 2 is 2.06 bits per heavy atom. The summed E-state index contributed by atoms with van der Waals surface area (Å²) in [6.07, 6.45) is -2.68. The van der Waals surface area contributed by atoms with Gasteiger partial charge in [-0.1, -0.05) is 18.2 Å². The van der Waals surface area contributed by atoms with Crippen molar-refractivity contribution in [3.63, 3.8) is 0 Å². The van der Waals surface area contributed by atoms with Crippen LogP contribution in [-0.2, 0) is 28.9 Å². The van der Waals surface area contributed by atoms with Crippen molar-refractivity contribution in [1.29, 1.82) is 0 Å². The number of carbonyl (C=O) groups is 2. The predicted molar refractivity (Wildman–Crippen MR) is 116 cm³/mol. The number of carbonyl (C=O) groups excluding carboxylic acids is 2. The number of ether oxygens (including phenoxy) is 1. The molecule has 5 rings (SSSR count). The van der Waals surface area contributed by atoms with E-state index in [1.54, 1.807) is 4.90 Å². The molecule has 0 spiro atoms. The first-order valence-electron chi connectivity index (χ1n) is 11.3. The lowest BCUT2D eigenvalue weighted by Crippen LogP contribution is -2.50. The fourth-order valence-corrected chi connectivity index (χ4v) is 5.00. The van der Waals surface area contributed by atoms with Crippen LogP contribution < -0.4 is 5.32 Å². The third-order valence-corrected chi connectivity index (χ3v) is 6.91. The first kappa shape index (κ1) is 22.7. The second-order valence-electron chi connectivity index (χ2n) is 9.26. The van der Waals surface area contributed by atoms with E-state index in [0.29, 0.717) is 43.5 Å². The smallest absolute Gasteiger partial charge is 0.382 e. The number of anilines is 1. The Balaban J connectivity index is 1.36. The highest BCUT2D eigenvalue weighted by atomic mass is 19.4. The number of aromatic nitrogens is 2. The average Bonchev–Trinajstić information content (AvgIpc) is 3.27. The largest absolute Gasteiger partial charge is 0.406 e. The molecule has 2 aromatic rings. The van der Waals surface area contributed by atoms with Gasteiger partial charge in [0.15, 0.2) is 0 Å². The third-order valence-electron chi connectivity index (χ3n) is 6.91. The molecule has 182 valence electrons. The van der Waals surface area contributed by atoms with E-state index in [-0.39, 0.29) is 24.8 Å². The second-order valence-corrected chi connectivity index (χ2v) is 9.26. The Kier molecular flexibility index (Phi) is 5.54. The molecule has 0 radical (unpaired) electrons. The van der Waals surface area contributed by atoms with Crippen LogP contribution in [0.15, 0.2) is 24.3 Å². The number of nitrogens with one attached hydrogen (secondary N) is 2. The highest BCUT2D eigenvalue weighted by molar-refractivity contribution is 5.95. The topological polar surface area (TPSA) is 90.6 Å². The van der Waals surface area contributed by atoms with E-state index < -0.39 is 30.2 Å². The molecule has 2 amide bonds. The van der Waals surface area contributed by atoms with Crippen molar-refractivity contribution in [2.24, 2.45) is 0 Å². The van der Waals surface area contributed by atoms with Crippen molar-refractivity contribution >= 4 is 17.5 Å². The van der Waals surface area contributed by atoms with Gasteiger partial charge in [0.05, 0.1) is 17.8 Å². The summed E-state index contributed by atoms with van der Waals surface area (Å²) in [5.74, 6) is -0.868. The number of amides is 2. The number of hydrogen-bond acceptors (Lipinski definition) is 5. The maximum atomic E-state index is 13.4. The Morgan fingerprint density at radius 3 is 2.74 bits per heavy atom. The Labute approximate surface area is 194 Å². The van der Waals surface area contributed by atoms with Crippen LogP contribution in [0.5, 0.6) is 0 Å². The standard InChI is InChI=1S/C23H26F3N5O3/c1-34-13-22(7-8-22)31(12-23(24,25)26)21(33)19-15-11-30(9-6-17(15)28-29-19)20(32)18-10-14-4-2-3-5-16(14)27-18/h2-5,18,27H,6-13H2,1H3,(H,28,29). The van der Waals surface area contributed by atoms with Gasteiger partial charge in [0.2, 0.25) is 5.91 Å². The first-order valence-corrected chi connectivity index (χ1v) is 11.3. The summed E-state index contributed by atoms with van der Waals surface area (Å²) < 4.78 is 45.3. The Morgan fingerprint density at radius 1 is 1.29 bits per heavy atom. The number of alkyl halides is 3. The molecule has 3 aliphatic rings. The minimum absolute atomic E-state index is 0.0156. The fraction of sp³-hybridized carbons (Fsp3) is 0.522. The van der Waals surface area contributed by atoms with Crippen LogP contribution in [0.3, 0.4) is 0 Å². The quantitative estimate of drug-likeness (QED) is 0.668. The lowest BCUT2D eigenvalue weighted by molar-refractivity contribution is -0.148. The van der Waals surface area contributed by atoms with Crippen molar-refractivity contribution in [2.75, 3.05) is 32.1 Å². The van der Waals surface area contributed by atoms with E-state index in [1.807, 2.05) is 24.3 Å². The molecule has 1 fully saturated rings. The highest BCUT2D eigenvalue weighted by Crippen LogP contribution is 2.44. The lowest BCUT2D eigenvalue weighted by Gasteiger charge is -2.33. The van der Waals surface area contributed by atoms with Crippen LogP contribution >= 0.6 is 0 Å². The molecule has 1 atom stereocenters. The van der Waals surface area contributed by atoms with Gasteiger partial charge in [-0.2, -0.15) is 18.3 Å². The molecular weight excluding hydrogens is 451 g/mol. The number of fused-ring (bicyclic) bond motifs is 2. The van der Waals surface area contributed by atoms with Crippen molar-refractivity contribution < 1.29 is 27.5 Å². The summed E-state index contributed by atoms with van der Waals surface area (Å²) in [5, 5.41) is 10.1. The first-order chi connectivity index (χ1) is 16.2. The number of nitrogens with zero attached hydrogens (tertiary/aromatic N) is 3. The Hall–Kier alpha value is -3.08. The van der Waals surface area contributed by atoms with Crippen LogP contribution in [0.4, 0.5) is 18.9 Å². The molecule has 2 aliphatic heterocycles. The van der Waals surface area contributed by atoms with Gasteiger partial charge in [0.1, 0.15) is 18.3 Å². The molecule has 1 saturated carbocycles. The maximum Gasteiger partial charge on any atom is 0.406 e. The van der Waals surface area contributed by atoms with Gasteiger partial charge in [-0.05, 0) is 24.5 Å². The summed E-state index contributed by atoms with van der Waals surface area (Å²) in [6.45, 7) is -0.782. The van der Waals surface area contributed by atoms with Gasteiger partial charge in [0, 0.05) is 44.3 Å². The van der Waals surface area contributed by atoms with Crippen molar-refractivity contribution in [3.8, 4) is 0 Å². The number of rotatable bonds is 6. The SMILES string of the molecule is COCC1(N(CC(F)(F)F)C(=O)c2[nH]nc3c2CN(C(=O)C2Cc4ccccc4N2)CC3)CC1. The van der Waals surface area contributed by atoms with Crippen LogP contribution in [0.25, 0.3) is 0 Å². The van der Waals surface area contributed by atoms with E-state index in [0.717, 1.165) is 16.2 Å². The van der Waals surface area contributed by atoms with E-state index in [4.69, 9.17) is 4.74 Å². The minimum Gasteiger partial charge on any atom is -0.382 e. The summed E-state index contributed by atoms with van der Waals surface area (Å²) in [7, 11) is 1.41. The van der Waals surface area contributed by atoms with E-state index in [1.165, 1.54) is 7.11 Å². The summed E-state index contributed by atoms with van der Waals surface area (Å²) in [5.41, 5.74) is 2.13. The normalized spacial score (nSPS) is 20.4. The number of para-hydroxylation sites is 1. The van der Waals surface area contributed by atoms with Gasteiger partial charge in [0.25, 0.3) is 5.91 Å². The molecule has 1 aromatic carbocycles. The molecule has 1 aliphatic carbocycles. The van der Waals surface area contributed by atoms with E-state index in [9.17, 15) is 22.8 Å². The molecule has 0 saturated heterocycles. The number of hydrogen-bond donors (Lipinski definition) is 2. The second kappa shape index (κ2) is 8.30. The monoisotopic (exact) mass is 477 g/mol. The summed E-state index contributed by atoms with van der Waals surface area (Å²) in [6, 6.07) is 7.31. The molecule has 0 bridgehead atoms. The van der Waals surface area contributed by atoms with Crippen LogP contribution in [0.1, 0.15) is 40.2 Å². The summed E-state index contributed by atoms with van der Waals surface area (Å²) >= 11 is 0.